The number of unbranched alkanes of at least 4 members (excludes halogenated alkanes) is 3. The maximum Gasteiger partial charge on any atom is 0.407 e. The summed E-state index contributed by atoms with van der Waals surface area (Å²) in [5.74, 6) is -0.466. The Labute approximate surface area is 121 Å². The Balaban J connectivity index is 3.83. The molecule has 0 aliphatic heterocycles. The van der Waals surface area contributed by atoms with Crippen LogP contribution in [-0.2, 0) is 14.3 Å². The van der Waals surface area contributed by atoms with Gasteiger partial charge in [0.15, 0.2) is 0 Å². The summed E-state index contributed by atoms with van der Waals surface area (Å²) in [4.78, 5) is 22.8. The maximum absolute atomic E-state index is 11.5. The summed E-state index contributed by atoms with van der Waals surface area (Å²) in [6.45, 7) is 9.75. The van der Waals surface area contributed by atoms with E-state index < -0.39 is 18.2 Å². The molecule has 1 atom stereocenters. The van der Waals surface area contributed by atoms with Gasteiger partial charge in [0.2, 0.25) is 0 Å². The van der Waals surface area contributed by atoms with E-state index in [0.717, 1.165) is 19.3 Å². The number of amides is 1. The van der Waals surface area contributed by atoms with Gasteiger partial charge < -0.3 is 14.8 Å². The second-order valence-electron chi connectivity index (χ2n) is 4.80. The maximum atomic E-state index is 11.5. The predicted octanol–water partition coefficient (Wildman–Crippen LogP) is 3.19. The summed E-state index contributed by atoms with van der Waals surface area (Å²) >= 11 is 0. The molecule has 1 unspecified atom stereocenters. The van der Waals surface area contributed by atoms with Crippen LogP contribution in [0, 0.1) is 0 Å². The van der Waals surface area contributed by atoms with Gasteiger partial charge in [0.25, 0.3) is 0 Å². The molecule has 0 saturated carbocycles. The van der Waals surface area contributed by atoms with Crippen molar-refractivity contribution in [2.75, 3.05) is 13.2 Å². The van der Waals surface area contributed by atoms with Crippen LogP contribution in [0.5, 0.6) is 0 Å². The molecule has 0 aromatic rings. The van der Waals surface area contributed by atoms with Gasteiger partial charge in [-0.05, 0) is 19.8 Å². The number of hydrogen-bond donors (Lipinski definition) is 1. The number of nitrogens with one attached hydrogen (secondary N) is 1. The third-order valence-electron chi connectivity index (χ3n) is 2.78. The first-order chi connectivity index (χ1) is 9.51. The fraction of sp³-hybridized carbons (Fsp3) is 0.733. The molecule has 0 aliphatic rings. The van der Waals surface area contributed by atoms with Crippen LogP contribution in [0.1, 0.15) is 52.9 Å². The minimum Gasteiger partial charge on any atom is -0.458 e. The van der Waals surface area contributed by atoms with Crippen molar-refractivity contribution in [3.63, 3.8) is 0 Å². The van der Waals surface area contributed by atoms with Crippen molar-refractivity contribution in [1.82, 2.24) is 5.32 Å². The van der Waals surface area contributed by atoms with Crippen LogP contribution in [0.3, 0.4) is 0 Å². The number of carbonyl (C=O) groups is 2. The van der Waals surface area contributed by atoms with E-state index in [9.17, 15) is 9.59 Å². The van der Waals surface area contributed by atoms with Gasteiger partial charge in [-0.3, -0.25) is 0 Å². The van der Waals surface area contributed by atoms with Gasteiger partial charge in [-0.25, -0.2) is 9.59 Å². The Hall–Kier alpha value is -1.52. The predicted molar refractivity (Wildman–Crippen MR) is 78.5 cm³/mol. The second kappa shape index (κ2) is 11.3. The van der Waals surface area contributed by atoms with Crippen LogP contribution in [0.15, 0.2) is 12.2 Å². The molecule has 0 spiro atoms. The largest absolute Gasteiger partial charge is 0.458 e. The van der Waals surface area contributed by atoms with Gasteiger partial charge in [-0.1, -0.05) is 39.7 Å². The van der Waals surface area contributed by atoms with Gasteiger partial charge in [-0.15, -0.1) is 0 Å². The molecule has 0 aromatic heterocycles. The summed E-state index contributed by atoms with van der Waals surface area (Å²) in [6.07, 6.45) is 4.09. The van der Waals surface area contributed by atoms with Crippen molar-refractivity contribution in [2.45, 2.75) is 59.0 Å². The highest BCUT2D eigenvalue weighted by Gasteiger charge is 2.15. The zero-order chi connectivity index (χ0) is 15.4. The normalized spacial score (nSPS) is 11.6. The Morgan fingerprint density at radius 2 is 1.90 bits per heavy atom. The summed E-state index contributed by atoms with van der Waals surface area (Å²) < 4.78 is 10.2. The van der Waals surface area contributed by atoms with E-state index in [-0.39, 0.29) is 6.61 Å². The highest BCUT2D eigenvalue weighted by Crippen LogP contribution is 2.02. The summed E-state index contributed by atoms with van der Waals surface area (Å²) in [6, 6.07) is 0. The van der Waals surface area contributed by atoms with Crippen LogP contribution < -0.4 is 5.32 Å². The summed E-state index contributed by atoms with van der Waals surface area (Å²) in [5.41, 5.74) is 0.334. The Kier molecular flexibility index (Phi) is 10.5. The van der Waals surface area contributed by atoms with Gasteiger partial charge in [0, 0.05) is 12.1 Å². The van der Waals surface area contributed by atoms with Crippen molar-refractivity contribution < 1.29 is 19.1 Å². The quantitative estimate of drug-likeness (QED) is 0.380. The zero-order valence-corrected chi connectivity index (χ0v) is 12.9. The van der Waals surface area contributed by atoms with E-state index in [1.807, 2.05) is 6.92 Å². The fourth-order valence-corrected chi connectivity index (χ4v) is 1.46. The number of ether oxygens (including phenoxy) is 2. The monoisotopic (exact) mass is 285 g/mol. The van der Waals surface area contributed by atoms with E-state index in [4.69, 9.17) is 9.47 Å². The molecule has 0 aliphatic carbocycles. The average molecular weight is 285 g/mol. The molecule has 0 aromatic carbocycles. The molecule has 0 rings (SSSR count). The number of rotatable bonds is 10. The molecule has 5 heteroatoms. The lowest BCUT2D eigenvalue weighted by molar-refractivity contribution is -0.142. The molecule has 0 heterocycles. The van der Waals surface area contributed by atoms with Crippen LogP contribution in [-0.4, -0.2) is 31.3 Å². The molecule has 0 radical (unpaired) electrons. The molecule has 0 fully saturated rings. The Bertz CT molecular complexity index is 315. The van der Waals surface area contributed by atoms with Gasteiger partial charge >= 0.3 is 12.1 Å². The highest BCUT2D eigenvalue weighted by atomic mass is 16.6. The lowest BCUT2D eigenvalue weighted by Crippen LogP contribution is -2.32. The molecule has 20 heavy (non-hydrogen) atoms. The number of hydrogen-bond acceptors (Lipinski definition) is 4. The van der Waals surface area contributed by atoms with Crippen molar-refractivity contribution in [3.05, 3.63) is 12.2 Å². The smallest absolute Gasteiger partial charge is 0.407 e. The van der Waals surface area contributed by atoms with Crippen LogP contribution >= 0.6 is 0 Å². The minimum atomic E-state index is -0.466. The molecule has 1 N–H and O–H groups in total. The van der Waals surface area contributed by atoms with Gasteiger partial charge in [0.1, 0.15) is 12.7 Å². The number of alkyl carbamates (subject to hydrolysis) is 1. The first-order valence-electron chi connectivity index (χ1n) is 7.28. The minimum absolute atomic E-state index is 0.0610. The molecular weight excluding hydrogens is 258 g/mol. The van der Waals surface area contributed by atoms with Gasteiger partial charge in [0.05, 0.1) is 0 Å². The molecule has 116 valence electrons. The lowest BCUT2D eigenvalue weighted by Gasteiger charge is -2.16. The molecule has 0 bridgehead atoms. The van der Waals surface area contributed by atoms with Crippen LogP contribution in [0.2, 0.25) is 0 Å². The third kappa shape index (κ3) is 9.42. The van der Waals surface area contributed by atoms with Crippen molar-refractivity contribution >= 4 is 12.1 Å². The van der Waals surface area contributed by atoms with E-state index in [0.29, 0.717) is 18.5 Å². The topological polar surface area (TPSA) is 64.6 Å². The summed E-state index contributed by atoms with van der Waals surface area (Å²) in [7, 11) is 0. The Morgan fingerprint density at radius 1 is 1.20 bits per heavy atom. The van der Waals surface area contributed by atoms with Crippen LogP contribution in [0.4, 0.5) is 4.79 Å². The first kappa shape index (κ1) is 18.5. The standard InChI is InChI=1S/C15H27NO4/c1-5-7-8-9-10-16-15(18)20-13(6-2)11-19-14(17)12(3)4/h13H,3,5-11H2,1-2,4H3,(H,16,18). The van der Waals surface area contributed by atoms with Crippen LogP contribution in [0.25, 0.3) is 0 Å². The van der Waals surface area contributed by atoms with E-state index in [1.54, 1.807) is 6.92 Å². The lowest BCUT2D eigenvalue weighted by atomic mass is 10.2. The van der Waals surface area contributed by atoms with E-state index in [1.165, 1.54) is 6.42 Å². The number of carbonyl (C=O) groups excluding carboxylic acids is 2. The number of esters is 1. The van der Waals surface area contributed by atoms with Gasteiger partial charge in [-0.2, -0.15) is 0 Å². The first-order valence-corrected chi connectivity index (χ1v) is 7.28. The summed E-state index contributed by atoms with van der Waals surface area (Å²) in [5, 5.41) is 2.70. The second-order valence-corrected chi connectivity index (χ2v) is 4.80. The molecule has 5 nitrogen and oxygen atoms in total. The van der Waals surface area contributed by atoms with Crippen molar-refractivity contribution in [2.24, 2.45) is 0 Å². The Morgan fingerprint density at radius 3 is 2.45 bits per heavy atom. The molecular formula is C15H27NO4. The highest BCUT2D eigenvalue weighted by molar-refractivity contribution is 5.86. The third-order valence-corrected chi connectivity index (χ3v) is 2.78. The van der Waals surface area contributed by atoms with Crippen molar-refractivity contribution in [1.29, 1.82) is 0 Å². The fourth-order valence-electron chi connectivity index (χ4n) is 1.46. The zero-order valence-electron chi connectivity index (χ0n) is 12.9. The molecule has 1 amide bonds. The average Bonchev–Trinajstić information content (AvgIpc) is 2.42. The molecule has 0 saturated heterocycles. The van der Waals surface area contributed by atoms with E-state index in [2.05, 4.69) is 18.8 Å². The van der Waals surface area contributed by atoms with Crippen molar-refractivity contribution in [3.8, 4) is 0 Å². The van der Waals surface area contributed by atoms with E-state index >= 15 is 0 Å². The SMILES string of the molecule is C=C(C)C(=O)OCC(CC)OC(=O)NCCCCCC.